The smallest absolute Gasteiger partial charge is 0.238 e. The van der Waals surface area contributed by atoms with Gasteiger partial charge in [-0.3, -0.25) is 4.79 Å². The Morgan fingerprint density at radius 3 is 2.44 bits per heavy atom. The average Bonchev–Trinajstić information content (AvgIpc) is 2.56. The minimum atomic E-state index is -0.277. The Labute approximate surface area is 152 Å². The Morgan fingerprint density at radius 2 is 1.88 bits per heavy atom. The number of hydrogen-bond acceptors (Lipinski definition) is 3. The van der Waals surface area contributed by atoms with E-state index in [4.69, 9.17) is 16.3 Å². The molecule has 0 aromatic heterocycles. The molecule has 2 aromatic carbocycles. The predicted octanol–water partition coefficient (Wildman–Crippen LogP) is 4.41. The van der Waals surface area contributed by atoms with Gasteiger partial charge in [0.05, 0.1) is 18.7 Å². The molecule has 0 heterocycles. The van der Waals surface area contributed by atoms with E-state index in [1.54, 1.807) is 30.3 Å². The molecule has 2 aromatic rings. The second kappa shape index (κ2) is 8.83. The normalized spacial score (nSPS) is 12.1. The first-order valence-corrected chi connectivity index (χ1v) is 8.40. The van der Waals surface area contributed by atoms with Gasteiger partial charge in [0.2, 0.25) is 5.91 Å². The lowest BCUT2D eigenvalue weighted by Gasteiger charge is -2.23. The summed E-state index contributed by atoms with van der Waals surface area (Å²) in [5, 5.41) is 6.44. The van der Waals surface area contributed by atoms with Gasteiger partial charge in [-0.2, -0.15) is 0 Å². The lowest BCUT2D eigenvalue weighted by molar-refractivity contribution is -0.115. The van der Waals surface area contributed by atoms with Crippen molar-refractivity contribution in [1.29, 1.82) is 0 Å². The number of anilines is 1. The standard InChI is InChI=1S/C19H22ClFN2O2/c1-12(2)19(13-4-6-14(21)7-5-13)22-11-18(24)23-15-8-9-17(25-3)16(20)10-15/h4-10,12,19,22H,11H2,1-3H3,(H,23,24)/t19-/m1/s1. The van der Waals surface area contributed by atoms with Gasteiger partial charge < -0.3 is 15.4 Å². The van der Waals surface area contributed by atoms with Crippen molar-refractivity contribution >= 4 is 23.2 Å². The number of hydrogen-bond donors (Lipinski definition) is 2. The number of amides is 1. The zero-order valence-electron chi connectivity index (χ0n) is 14.5. The number of benzene rings is 2. The Bertz CT molecular complexity index is 720. The molecule has 2 rings (SSSR count). The fourth-order valence-electron chi connectivity index (χ4n) is 2.56. The van der Waals surface area contributed by atoms with Crippen LogP contribution in [-0.4, -0.2) is 19.6 Å². The van der Waals surface area contributed by atoms with Gasteiger partial charge in [0.25, 0.3) is 0 Å². The van der Waals surface area contributed by atoms with Gasteiger partial charge in [0, 0.05) is 11.7 Å². The van der Waals surface area contributed by atoms with Crippen LogP contribution in [0.3, 0.4) is 0 Å². The van der Waals surface area contributed by atoms with Gasteiger partial charge in [-0.25, -0.2) is 4.39 Å². The third-order valence-electron chi connectivity index (χ3n) is 3.81. The van der Waals surface area contributed by atoms with E-state index >= 15 is 0 Å². The molecule has 0 aliphatic carbocycles. The molecule has 0 fully saturated rings. The molecule has 25 heavy (non-hydrogen) atoms. The van der Waals surface area contributed by atoms with Crippen LogP contribution in [0.5, 0.6) is 5.75 Å². The van der Waals surface area contributed by atoms with Crippen LogP contribution in [0.15, 0.2) is 42.5 Å². The SMILES string of the molecule is COc1ccc(NC(=O)CN[C@@H](c2ccc(F)cc2)C(C)C)cc1Cl. The van der Waals surface area contributed by atoms with Crippen LogP contribution in [0.25, 0.3) is 0 Å². The molecular formula is C19H22ClFN2O2. The Morgan fingerprint density at radius 1 is 1.20 bits per heavy atom. The highest BCUT2D eigenvalue weighted by molar-refractivity contribution is 6.32. The first-order valence-electron chi connectivity index (χ1n) is 8.03. The molecule has 2 N–H and O–H groups in total. The van der Waals surface area contributed by atoms with Crippen LogP contribution in [-0.2, 0) is 4.79 Å². The number of carbonyl (C=O) groups is 1. The average molecular weight is 365 g/mol. The Kier molecular flexibility index (Phi) is 6.79. The summed E-state index contributed by atoms with van der Waals surface area (Å²) in [4.78, 5) is 12.2. The van der Waals surface area contributed by atoms with Crippen molar-refractivity contribution in [1.82, 2.24) is 5.32 Å². The van der Waals surface area contributed by atoms with Crippen molar-refractivity contribution in [3.8, 4) is 5.75 Å². The van der Waals surface area contributed by atoms with E-state index in [9.17, 15) is 9.18 Å². The van der Waals surface area contributed by atoms with Crippen molar-refractivity contribution in [2.75, 3.05) is 19.0 Å². The summed E-state index contributed by atoms with van der Waals surface area (Å²) in [6, 6.07) is 11.3. The fourth-order valence-corrected chi connectivity index (χ4v) is 2.82. The molecular weight excluding hydrogens is 343 g/mol. The first kappa shape index (κ1) is 19.2. The van der Waals surface area contributed by atoms with Gasteiger partial charge in [-0.1, -0.05) is 37.6 Å². The lowest BCUT2D eigenvalue weighted by Crippen LogP contribution is -2.33. The van der Waals surface area contributed by atoms with E-state index in [0.29, 0.717) is 16.5 Å². The third kappa shape index (κ3) is 5.44. The van der Waals surface area contributed by atoms with Crippen molar-refractivity contribution in [2.24, 2.45) is 5.92 Å². The van der Waals surface area contributed by atoms with Crippen LogP contribution in [0, 0.1) is 11.7 Å². The van der Waals surface area contributed by atoms with Crippen LogP contribution in [0.1, 0.15) is 25.5 Å². The zero-order valence-corrected chi connectivity index (χ0v) is 15.2. The quantitative estimate of drug-likeness (QED) is 0.765. The minimum Gasteiger partial charge on any atom is -0.495 e. The van der Waals surface area contributed by atoms with Crippen molar-refractivity contribution in [3.63, 3.8) is 0 Å². The third-order valence-corrected chi connectivity index (χ3v) is 4.11. The van der Waals surface area contributed by atoms with E-state index in [1.807, 2.05) is 13.8 Å². The Balaban J connectivity index is 1.97. The molecule has 0 saturated heterocycles. The second-order valence-corrected chi connectivity index (χ2v) is 6.46. The molecule has 134 valence electrons. The van der Waals surface area contributed by atoms with Crippen LogP contribution in [0.4, 0.5) is 10.1 Å². The van der Waals surface area contributed by atoms with Crippen molar-refractivity contribution in [2.45, 2.75) is 19.9 Å². The molecule has 0 aliphatic rings. The van der Waals surface area contributed by atoms with Crippen molar-refractivity contribution in [3.05, 3.63) is 58.9 Å². The van der Waals surface area contributed by atoms with Crippen LogP contribution in [0.2, 0.25) is 5.02 Å². The summed E-state index contributed by atoms with van der Waals surface area (Å²) < 4.78 is 18.2. The Hall–Kier alpha value is -2.11. The highest BCUT2D eigenvalue weighted by Gasteiger charge is 2.17. The first-order chi connectivity index (χ1) is 11.9. The fraction of sp³-hybridized carbons (Fsp3) is 0.316. The summed E-state index contributed by atoms with van der Waals surface area (Å²) in [6.45, 7) is 4.22. The van der Waals surface area contributed by atoms with Gasteiger partial charge in [0.1, 0.15) is 11.6 Å². The number of rotatable bonds is 7. The molecule has 6 heteroatoms. The number of nitrogens with one attached hydrogen (secondary N) is 2. The summed E-state index contributed by atoms with van der Waals surface area (Å²) in [5.41, 5.74) is 1.54. The largest absolute Gasteiger partial charge is 0.495 e. The number of ether oxygens (including phenoxy) is 1. The lowest BCUT2D eigenvalue weighted by atomic mass is 9.96. The molecule has 1 atom stereocenters. The van der Waals surface area contributed by atoms with Gasteiger partial charge in [-0.05, 0) is 41.8 Å². The van der Waals surface area contributed by atoms with Crippen LogP contribution < -0.4 is 15.4 Å². The highest BCUT2D eigenvalue weighted by Crippen LogP contribution is 2.27. The van der Waals surface area contributed by atoms with E-state index < -0.39 is 0 Å². The molecule has 0 spiro atoms. The maximum Gasteiger partial charge on any atom is 0.238 e. The van der Waals surface area contributed by atoms with Gasteiger partial charge in [0.15, 0.2) is 0 Å². The van der Waals surface area contributed by atoms with E-state index in [0.717, 1.165) is 5.56 Å². The van der Waals surface area contributed by atoms with E-state index in [-0.39, 0.29) is 30.2 Å². The summed E-state index contributed by atoms with van der Waals surface area (Å²) >= 11 is 6.05. The minimum absolute atomic E-state index is 0.0502. The summed E-state index contributed by atoms with van der Waals surface area (Å²) in [5.74, 6) is 0.331. The van der Waals surface area contributed by atoms with E-state index in [2.05, 4.69) is 10.6 Å². The van der Waals surface area contributed by atoms with Gasteiger partial charge in [-0.15, -0.1) is 0 Å². The zero-order chi connectivity index (χ0) is 18.4. The maximum atomic E-state index is 13.1. The molecule has 0 radical (unpaired) electrons. The molecule has 0 unspecified atom stereocenters. The predicted molar refractivity (Wildman–Crippen MR) is 98.6 cm³/mol. The maximum absolute atomic E-state index is 13.1. The highest BCUT2D eigenvalue weighted by atomic mass is 35.5. The second-order valence-electron chi connectivity index (χ2n) is 6.05. The summed E-state index contributed by atoms with van der Waals surface area (Å²) in [6.07, 6.45) is 0. The molecule has 0 bridgehead atoms. The monoisotopic (exact) mass is 364 g/mol. The molecule has 0 aliphatic heterocycles. The van der Waals surface area contributed by atoms with Crippen LogP contribution >= 0.6 is 11.6 Å². The van der Waals surface area contributed by atoms with Gasteiger partial charge >= 0.3 is 0 Å². The number of halogens is 2. The summed E-state index contributed by atoms with van der Waals surface area (Å²) in [7, 11) is 1.53. The number of carbonyl (C=O) groups excluding carboxylic acids is 1. The molecule has 1 amide bonds. The topological polar surface area (TPSA) is 50.4 Å². The molecule has 0 saturated carbocycles. The molecule has 4 nitrogen and oxygen atoms in total. The van der Waals surface area contributed by atoms with E-state index in [1.165, 1.54) is 19.2 Å². The van der Waals surface area contributed by atoms with Crippen molar-refractivity contribution < 1.29 is 13.9 Å². The number of methoxy groups -OCH3 is 1.